The topological polar surface area (TPSA) is 52.6 Å². The number of likely N-dealkylation sites (tertiary alicyclic amines) is 1. The molecule has 0 aliphatic carbocycles. The number of thiophene rings is 1. The molecule has 3 rings (SSSR count). The second-order valence-corrected chi connectivity index (χ2v) is 7.53. The molecule has 1 amide bonds. The van der Waals surface area contributed by atoms with Gasteiger partial charge in [-0.2, -0.15) is 0 Å². The van der Waals surface area contributed by atoms with Crippen LogP contribution in [0.4, 0.5) is 0 Å². The normalized spacial score (nSPS) is 20.7. The number of hydrogen-bond acceptors (Lipinski definition) is 4. The fourth-order valence-electron chi connectivity index (χ4n) is 3.18. The van der Waals surface area contributed by atoms with E-state index < -0.39 is 5.60 Å². The van der Waals surface area contributed by atoms with Crippen LogP contribution < -0.4 is 5.32 Å². The van der Waals surface area contributed by atoms with Crippen molar-refractivity contribution in [2.45, 2.75) is 38.0 Å². The van der Waals surface area contributed by atoms with Crippen molar-refractivity contribution < 1.29 is 9.90 Å². The Bertz CT molecular complexity index is 655. The number of hydrogen-bond donors (Lipinski definition) is 2. The first-order chi connectivity index (χ1) is 11.6. The number of nitrogens with zero attached hydrogens (tertiary/aromatic N) is 1. The molecule has 2 N–H and O–H groups in total. The third kappa shape index (κ3) is 4.04. The highest BCUT2D eigenvalue weighted by molar-refractivity contribution is 7.10. The molecule has 2 atom stereocenters. The first-order valence-electron chi connectivity index (χ1n) is 8.38. The van der Waals surface area contributed by atoms with E-state index in [-0.39, 0.29) is 18.5 Å². The average Bonchev–Trinajstić information content (AvgIpc) is 3.26. The van der Waals surface area contributed by atoms with Crippen LogP contribution in [0.5, 0.6) is 0 Å². The van der Waals surface area contributed by atoms with E-state index in [1.54, 1.807) is 6.92 Å². The zero-order chi connectivity index (χ0) is 17.0. The highest BCUT2D eigenvalue weighted by Gasteiger charge is 2.32. The zero-order valence-electron chi connectivity index (χ0n) is 13.9. The fourth-order valence-corrected chi connectivity index (χ4v) is 3.97. The van der Waals surface area contributed by atoms with Crippen LogP contribution >= 0.6 is 11.3 Å². The van der Waals surface area contributed by atoms with Crippen LogP contribution in [0.3, 0.4) is 0 Å². The summed E-state index contributed by atoms with van der Waals surface area (Å²) in [4.78, 5) is 15.7. The smallest absolute Gasteiger partial charge is 0.237 e. The van der Waals surface area contributed by atoms with Gasteiger partial charge in [-0.05, 0) is 43.3 Å². The molecule has 0 spiro atoms. The molecule has 1 aromatic carbocycles. The third-order valence-electron chi connectivity index (χ3n) is 4.55. The second kappa shape index (κ2) is 7.47. The summed E-state index contributed by atoms with van der Waals surface area (Å²) >= 11 is 1.50. The molecule has 128 valence electrons. The van der Waals surface area contributed by atoms with E-state index in [0.29, 0.717) is 0 Å². The van der Waals surface area contributed by atoms with E-state index in [1.807, 2.05) is 35.7 Å². The highest BCUT2D eigenvalue weighted by atomic mass is 32.1. The molecule has 0 bridgehead atoms. The van der Waals surface area contributed by atoms with Crippen LogP contribution in [0.15, 0.2) is 47.8 Å². The Balaban J connectivity index is 1.58. The maximum atomic E-state index is 12.6. The Hall–Kier alpha value is -1.69. The zero-order valence-corrected chi connectivity index (χ0v) is 14.8. The summed E-state index contributed by atoms with van der Waals surface area (Å²) in [6.07, 6.45) is 1.91. The largest absolute Gasteiger partial charge is 0.383 e. The van der Waals surface area contributed by atoms with Crippen LogP contribution in [-0.4, -0.2) is 35.0 Å². The molecule has 1 aliphatic rings. The second-order valence-electron chi connectivity index (χ2n) is 6.58. The van der Waals surface area contributed by atoms with Crippen molar-refractivity contribution in [3.8, 4) is 0 Å². The minimum Gasteiger partial charge on any atom is -0.383 e. The number of carbonyl (C=O) groups is 1. The SMILES string of the molecule is CC(O)(CNC(=O)C1CCCN1Cc1ccccc1)c1cccs1. The van der Waals surface area contributed by atoms with Gasteiger partial charge in [-0.15, -0.1) is 11.3 Å². The summed E-state index contributed by atoms with van der Waals surface area (Å²) in [6, 6.07) is 13.9. The van der Waals surface area contributed by atoms with Crippen LogP contribution in [0.1, 0.15) is 30.2 Å². The molecule has 1 aromatic heterocycles. The van der Waals surface area contributed by atoms with Crippen molar-refractivity contribution in [3.05, 3.63) is 58.3 Å². The molecule has 0 saturated carbocycles. The minimum atomic E-state index is -1.02. The number of amides is 1. The van der Waals surface area contributed by atoms with Gasteiger partial charge in [0.15, 0.2) is 0 Å². The van der Waals surface area contributed by atoms with Crippen molar-refractivity contribution in [2.24, 2.45) is 0 Å². The van der Waals surface area contributed by atoms with Gasteiger partial charge < -0.3 is 10.4 Å². The lowest BCUT2D eigenvalue weighted by Gasteiger charge is -2.27. The van der Waals surface area contributed by atoms with Crippen molar-refractivity contribution in [1.29, 1.82) is 0 Å². The van der Waals surface area contributed by atoms with Crippen molar-refractivity contribution in [3.63, 3.8) is 0 Å². The van der Waals surface area contributed by atoms with Crippen LogP contribution in [0, 0.1) is 0 Å². The third-order valence-corrected chi connectivity index (χ3v) is 5.68. The van der Waals surface area contributed by atoms with Gasteiger partial charge in [0.2, 0.25) is 5.91 Å². The summed E-state index contributed by atoms with van der Waals surface area (Å²) in [7, 11) is 0. The van der Waals surface area contributed by atoms with Crippen molar-refractivity contribution in [2.75, 3.05) is 13.1 Å². The molecule has 5 heteroatoms. The van der Waals surface area contributed by atoms with Gasteiger partial charge in [-0.25, -0.2) is 0 Å². The Morgan fingerprint density at radius 1 is 1.33 bits per heavy atom. The lowest BCUT2D eigenvalue weighted by Crippen LogP contribution is -2.47. The summed E-state index contributed by atoms with van der Waals surface area (Å²) < 4.78 is 0. The predicted octanol–water partition coefficient (Wildman–Crippen LogP) is 2.74. The molecule has 2 aromatic rings. The van der Waals surface area contributed by atoms with Crippen LogP contribution in [0.2, 0.25) is 0 Å². The molecule has 2 heterocycles. The predicted molar refractivity (Wildman–Crippen MR) is 96.8 cm³/mol. The van der Waals surface area contributed by atoms with Crippen LogP contribution in [-0.2, 0) is 16.9 Å². The molecule has 0 radical (unpaired) electrons. The first-order valence-corrected chi connectivity index (χ1v) is 9.26. The van der Waals surface area contributed by atoms with E-state index in [0.717, 1.165) is 30.8 Å². The molecular formula is C19H24N2O2S. The van der Waals surface area contributed by atoms with Gasteiger partial charge in [0, 0.05) is 11.4 Å². The van der Waals surface area contributed by atoms with Gasteiger partial charge in [0.1, 0.15) is 5.60 Å². The Kier molecular flexibility index (Phi) is 5.33. The first kappa shape index (κ1) is 17.1. The molecule has 4 nitrogen and oxygen atoms in total. The van der Waals surface area contributed by atoms with Gasteiger partial charge in [-0.3, -0.25) is 9.69 Å². The van der Waals surface area contributed by atoms with E-state index in [2.05, 4.69) is 22.3 Å². The highest BCUT2D eigenvalue weighted by Crippen LogP contribution is 2.25. The van der Waals surface area contributed by atoms with Crippen molar-refractivity contribution in [1.82, 2.24) is 10.2 Å². The summed E-state index contributed by atoms with van der Waals surface area (Å²) in [5.74, 6) is 0.0141. The summed E-state index contributed by atoms with van der Waals surface area (Å²) in [6.45, 7) is 3.71. The van der Waals surface area contributed by atoms with Crippen molar-refractivity contribution >= 4 is 17.2 Å². The van der Waals surface area contributed by atoms with Crippen LogP contribution in [0.25, 0.3) is 0 Å². The molecule has 1 fully saturated rings. The van der Waals surface area contributed by atoms with Gasteiger partial charge in [0.25, 0.3) is 0 Å². The monoisotopic (exact) mass is 344 g/mol. The maximum Gasteiger partial charge on any atom is 0.237 e. The Morgan fingerprint density at radius 2 is 2.12 bits per heavy atom. The number of benzene rings is 1. The van der Waals surface area contributed by atoms with E-state index in [9.17, 15) is 9.90 Å². The molecule has 1 saturated heterocycles. The molecule has 24 heavy (non-hydrogen) atoms. The standard InChI is InChI=1S/C19H24N2O2S/c1-19(23,17-10-6-12-24-17)14-20-18(22)16-9-5-11-21(16)13-15-7-3-2-4-8-15/h2-4,6-8,10,12,16,23H,5,9,11,13-14H2,1H3,(H,20,22). The van der Waals surface area contributed by atoms with E-state index in [1.165, 1.54) is 16.9 Å². The average molecular weight is 344 g/mol. The summed E-state index contributed by atoms with van der Waals surface area (Å²) in [5.41, 5.74) is 0.204. The Morgan fingerprint density at radius 3 is 2.83 bits per heavy atom. The van der Waals surface area contributed by atoms with Gasteiger partial charge in [-0.1, -0.05) is 36.4 Å². The van der Waals surface area contributed by atoms with E-state index >= 15 is 0 Å². The quantitative estimate of drug-likeness (QED) is 0.847. The summed E-state index contributed by atoms with van der Waals surface area (Å²) in [5, 5.41) is 15.4. The minimum absolute atomic E-state index is 0.0141. The number of carbonyl (C=O) groups excluding carboxylic acids is 1. The molecular weight excluding hydrogens is 320 g/mol. The number of nitrogens with one attached hydrogen (secondary N) is 1. The number of aliphatic hydroxyl groups is 1. The van der Waals surface area contributed by atoms with Gasteiger partial charge >= 0.3 is 0 Å². The van der Waals surface area contributed by atoms with E-state index in [4.69, 9.17) is 0 Å². The number of rotatable bonds is 6. The molecule has 1 aliphatic heterocycles. The molecule has 2 unspecified atom stereocenters. The van der Waals surface area contributed by atoms with Gasteiger partial charge in [0.05, 0.1) is 12.6 Å². The lowest BCUT2D eigenvalue weighted by atomic mass is 10.0. The Labute approximate surface area is 147 Å². The lowest BCUT2D eigenvalue weighted by molar-refractivity contribution is -0.126. The maximum absolute atomic E-state index is 12.6. The fraction of sp³-hybridized carbons (Fsp3) is 0.421.